The van der Waals surface area contributed by atoms with Crippen molar-refractivity contribution in [2.24, 2.45) is 0 Å². The molecule has 1 aliphatic heterocycles. The summed E-state index contributed by atoms with van der Waals surface area (Å²) in [6.45, 7) is 24.5. The van der Waals surface area contributed by atoms with Crippen LogP contribution in [-0.2, 0) is 38.1 Å². The maximum atomic E-state index is 11.9. The molecule has 2 atom stereocenters. The Morgan fingerprint density at radius 1 is 0.957 bits per heavy atom. The van der Waals surface area contributed by atoms with Crippen LogP contribution in [0.15, 0.2) is 25.3 Å². The van der Waals surface area contributed by atoms with Crippen LogP contribution in [0.4, 0.5) is 9.59 Å². The molecular weight excluding hydrogens is 677 g/mol. The van der Waals surface area contributed by atoms with Gasteiger partial charge < -0.3 is 48.2 Å². The van der Waals surface area contributed by atoms with E-state index in [9.17, 15) is 28.8 Å². The molecule has 1 fully saturated rings. The Kier molecular flexibility index (Phi) is 29.1. The first kappa shape index (κ1) is 50.4. The van der Waals surface area contributed by atoms with Crippen molar-refractivity contribution in [2.75, 3.05) is 13.2 Å². The van der Waals surface area contributed by atoms with Crippen LogP contribution in [-0.4, -0.2) is 100 Å². The van der Waals surface area contributed by atoms with Gasteiger partial charge in [0.1, 0.15) is 29.1 Å². The van der Waals surface area contributed by atoms with Crippen molar-refractivity contribution >= 4 is 58.9 Å². The molecular formula is C32H53BrMgN2O10. The summed E-state index contributed by atoms with van der Waals surface area (Å²) in [6, 6.07) is -1.74. The van der Waals surface area contributed by atoms with E-state index < -0.39 is 53.3 Å². The van der Waals surface area contributed by atoms with E-state index in [0.29, 0.717) is 12.8 Å². The first-order valence-corrected chi connectivity index (χ1v) is 14.8. The van der Waals surface area contributed by atoms with E-state index in [1.54, 1.807) is 67.5 Å². The third kappa shape index (κ3) is 24.7. The summed E-state index contributed by atoms with van der Waals surface area (Å²) in [6.07, 6.45) is 4.57. The van der Waals surface area contributed by atoms with E-state index in [2.05, 4.69) is 25.4 Å². The number of imide groups is 1. The Morgan fingerprint density at radius 2 is 1.48 bits per heavy atom. The van der Waals surface area contributed by atoms with Crippen LogP contribution in [0.3, 0.4) is 0 Å². The third-order valence-electron chi connectivity index (χ3n) is 5.17. The average molecular weight is 730 g/mol. The van der Waals surface area contributed by atoms with Gasteiger partial charge in [0.25, 0.3) is 0 Å². The molecule has 0 radical (unpaired) electrons. The first-order valence-electron chi connectivity index (χ1n) is 14.8. The van der Waals surface area contributed by atoms with Crippen LogP contribution in [0.25, 0.3) is 0 Å². The maximum Gasteiger partial charge on any atom is 2.00 e. The largest absolute Gasteiger partial charge is 2.00 e. The molecule has 46 heavy (non-hydrogen) atoms. The standard InChI is InChI=1S/C16H27NO5.C12H19NO5.C4H7.BrH.Mg/c1-6-8-9-12(18)10-11-13(14(19)21-7-2)17-15(20)22-16(3,4)5;1-5-17-10(15)8-6-7-9(14)13(8)11(16)18-12(2,3)4;1-3-4-2;;/h6,13H,1,7-11H2,2-5H3,(H,17,20);8H,5-7H2,1-4H3;3H,1-2,4H2;1H;/q;;-1;;+2/p-1/t13-;8-;;;/m01.../s1. The molecule has 1 heterocycles. The fraction of sp³-hybridized carbons (Fsp3) is 0.656. The number of esters is 2. The fourth-order valence-electron chi connectivity index (χ4n) is 3.32. The smallest absolute Gasteiger partial charge is 1.00 e. The number of likely N-dealkylation sites (tertiary alicyclic amines) is 1. The number of hydrogen-bond donors (Lipinski definition) is 1. The molecule has 1 N–H and O–H groups in total. The summed E-state index contributed by atoms with van der Waals surface area (Å²) in [5, 5.41) is 2.46. The minimum atomic E-state index is -0.887. The zero-order valence-electron chi connectivity index (χ0n) is 28.9. The van der Waals surface area contributed by atoms with Crippen LogP contribution >= 0.6 is 0 Å². The van der Waals surface area contributed by atoms with Gasteiger partial charge in [-0.3, -0.25) is 9.59 Å². The predicted molar refractivity (Wildman–Crippen MR) is 172 cm³/mol. The zero-order chi connectivity index (χ0) is 34.5. The average Bonchev–Trinajstić information content (AvgIpc) is 3.30. The second kappa shape index (κ2) is 26.6. The number of carbonyl (C=O) groups is 6. The summed E-state index contributed by atoms with van der Waals surface area (Å²) in [4.78, 5) is 71.3. The van der Waals surface area contributed by atoms with Crippen molar-refractivity contribution in [1.29, 1.82) is 0 Å². The van der Waals surface area contributed by atoms with Gasteiger partial charge >= 0.3 is 47.2 Å². The van der Waals surface area contributed by atoms with E-state index in [4.69, 9.17) is 18.9 Å². The molecule has 1 aliphatic rings. The third-order valence-corrected chi connectivity index (χ3v) is 5.17. The van der Waals surface area contributed by atoms with E-state index in [1.165, 1.54) is 0 Å². The molecule has 14 heteroatoms. The number of allylic oxidation sites excluding steroid dienone is 2. The molecule has 0 aromatic rings. The normalized spacial score (nSPS) is 14.2. The number of amides is 3. The number of Topliss-reactive ketones (excluding diaryl/α,β-unsaturated/α-hetero) is 1. The second-order valence-electron chi connectivity index (χ2n) is 11.5. The molecule has 0 aliphatic carbocycles. The summed E-state index contributed by atoms with van der Waals surface area (Å²) in [5.74, 6) is -1.51. The van der Waals surface area contributed by atoms with E-state index in [0.717, 1.165) is 11.3 Å². The van der Waals surface area contributed by atoms with E-state index in [1.807, 2.05) is 0 Å². The van der Waals surface area contributed by atoms with E-state index >= 15 is 0 Å². The van der Waals surface area contributed by atoms with Gasteiger partial charge in [0.15, 0.2) is 0 Å². The molecule has 260 valence electrons. The quantitative estimate of drug-likeness (QED) is 0.104. The minimum Gasteiger partial charge on any atom is -1.00 e. The molecule has 0 saturated carbocycles. The maximum absolute atomic E-state index is 11.9. The number of ketones is 1. The van der Waals surface area contributed by atoms with Gasteiger partial charge in [-0.25, -0.2) is 24.1 Å². The van der Waals surface area contributed by atoms with Crippen LogP contribution in [0.2, 0.25) is 0 Å². The summed E-state index contributed by atoms with van der Waals surface area (Å²) in [7, 11) is 0. The Balaban J connectivity index is -0.000000334. The topological polar surface area (TPSA) is 155 Å². The molecule has 0 aromatic heterocycles. The summed E-state index contributed by atoms with van der Waals surface area (Å²) in [5.41, 5.74) is -1.37. The van der Waals surface area contributed by atoms with E-state index in [-0.39, 0.29) is 84.7 Å². The van der Waals surface area contributed by atoms with Crippen molar-refractivity contribution in [3.05, 3.63) is 32.2 Å². The number of carbonyl (C=O) groups excluding carboxylic acids is 6. The molecule has 0 bridgehead atoms. The Bertz CT molecular complexity index is 977. The summed E-state index contributed by atoms with van der Waals surface area (Å²) < 4.78 is 20.0. The fourth-order valence-corrected chi connectivity index (χ4v) is 3.32. The summed E-state index contributed by atoms with van der Waals surface area (Å²) >= 11 is 0. The zero-order valence-corrected chi connectivity index (χ0v) is 31.9. The number of rotatable bonds is 12. The molecule has 12 nitrogen and oxygen atoms in total. The van der Waals surface area contributed by atoms with Crippen molar-refractivity contribution < 1.29 is 64.7 Å². The van der Waals surface area contributed by atoms with Crippen LogP contribution < -0.4 is 22.3 Å². The number of ether oxygens (including phenoxy) is 4. The van der Waals surface area contributed by atoms with Crippen molar-refractivity contribution in [3.63, 3.8) is 0 Å². The van der Waals surface area contributed by atoms with Gasteiger partial charge in [0, 0.05) is 19.3 Å². The van der Waals surface area contributed by atoms with Gasteiger partial charge in [-0.2, -0.15) is 6.42 Å². The number of nitrogens with zero attached hydrogens (tertiary/aromatic N) is 1. The second-order valence-corrected chi connectivity index (χ2v) is 11.5. The predicted octanol–water partition coefficient (Wildman–Crippen LogP) is 2.25. The molecule has 1 saturated heterocycles. The van der Waals surface area contributed by atoms with Gasteiger partial charge in [0.2, 0.25) is 5.91 Å². The molecule has 1 rings (SSSR count). The molecule has 0 aromatic carbocycles. The van der Waals surface area contributed by atoms with Gasteiger partial charge in [0.05, 0.1) is 13.2 Å². The number of nitrogens with one attached hydrogen (secondary N) is 1. The SMILES string of the molecule is C=CCCC(=O)CC[C@H](NC(=O)OC(C)(C)C)C(=O)OCC.C=CC[CH2-].CCOC(=O)[C@H]1CCC(=O)N1C(=O)OC(C)(C)C.[Br-].[Mg+2]. The number of alkyl carbamates (subject to hydrolysis) is 1. The molecule has 3 amide bonds. The van der Waals surface area contributed by atoms with Crippen LogP contribution in [0, 0.1) is 6.92 Å². The Labute approximate surface area is 301 Å². The number of halogens is 1. The first-order chi connectivity index (χ1) is 20.4. The van der Waals surface area contributed by atoms with Gasteiger partial charge in [-0.05, 0) is 74.7 Å². The molecule has 0 spiro atoms. The van der Waals surface area contributed by atoms with Crippen LogP contribution in [0.5, 0.6) is 0 Å². The van der Waals surface area contributed by atoms with Crippen molar-refractivity contribution in [1.82, 2.24) is 10.2 Å². The Hall–Kier alpha value is -2.45. The van der Waals surface area contributed by atoms with Crippen molar-refractivity contribution in [2.45, 2.75) is 124 Å². The van der Waals surface area contributed by atoms with Gasteiger partial charge in [-0.1, -0.05) is 6.08 Å². The van der Waals surface area contributed by atoms with Crippen LogP contribution in [0.1, 0.15) is 100 Å². The Morgan fingerprint density at radius 3 is 1.91 bits per heavy atom. The number of hydrogen-bond acceptors (Lipinski definition) is 10. The van der Waals surface area contributed by atoms with Crippen molar-refractivity contribution in [3.8, 4) is 0 Å². The minimum absolute atomic E-state index is 0. The molecule has 0 unspecified atom stereocenters. The monoisotopic (exact) mass is 728 g/mol. The van der Waals surface area contributed by atoms with Gasteiger partial charge in [-0.15, -0.1) is 19.2 Å².